The van der Waals surface area contributed by atoms with Crippen LogP contribution in [-0.4, -0.2) is 25.2 Å². The number of aryl methyl sites for hydroxylation is 1. The van der Waals surface area contributed by atoms with Crippen LogP contribution >= 0.6 is 0 Å². The summed E-state index contributed by atoms with van der Waals surface area (Å²) in [5.74, 6) is 1.29. The van der Waals surface area contributed by atoms with Crippen LogP contribution in [0.3, 0.4) is 0 Å². The van der Waals surface area contributed by atoms with E-state index in [1.807, 2.05) is 47.6 Å². The summed E-state index contributed by atoms with van der Waals surface area (Å²) >= 11 is 0. The highest BCUT2D eigenvalue weighted by Gasteiger charge is 2.33. The van der Waals surface area contributed by atoms with E-state index in [-0.39, 0.29) is 11.4 Å². The largest absolute Gasteiger partial charge is 0.332 e. The molecular weight excluding hydrogens is 348 g/mol. The van der Waals surface area contributed by atoms with Crippen molar-refractivity contribution in [2.75, 3.05) is 0 Å². The van der Waals surface area contributed by atoms with Crippen LogP contribution in [0.1, 0.15) is 50.4 Å². The first kappa shape index (κ1) is 18.5. The number of amides is 1. The summed E-state index contributed by atoms with van der Waals surface area (Å²) in [5.41, 5.74) is 3.36. The predicted octanol–water partition coefficient (Wildman–Crippen LogP) is 4.29. The molecule has 2 aromatic heterocycles. The van der Waals surface area contributed by atoms with Crippen molar-refractivity contribution in [1.29, 1.82) is 0 Å². The minimum absolute atomic E-state index is 0.117. The SMILES string of the molecule is CC(C)(C)n1nc2c(c1-n1cccc1)CN(C(=O)CCCc1ccccc1)C2. The molecule has 1 aliphatic rings. The van der Waals surface area contributed by atoms with Crippen LogP contribution in [0.2, 0.25) is 0 Å². The second kappa shape index (κ2) is 7.30. The Labute approximate surface area is 166 Å². The van der Waals surface area contributed by atoms with Gasteiger partial charge in [0.05, 0.1) is 24.3 Å². The molecular formula is C23H28N4O. The van der Waals surface area contributed by atoms with Crippen molar-refractivity contribution >= 4 is 5.91 Å². The molecule has 1 aromatic carbocycles. The second-order valence-electron chi connectivity index (χ2n) is 8.51. The summed E-state index contributed by atoms with van der Waals surface area (Å²) in [4.78, 5) is 14.7. The maximum Gasteiger partial charge on any atom is 0.223 e. The first-order valence-electron chi connectivity index (χ1n) is 10.00. The smallest absolute Gasteiger partial charge is 0.223 e. The van der Waals surface area contributed by atoms with E-state index in [1.165, 1.54) is 11.1 Å². The molecule has 1 amide bonds. The third-order valence-corrected chi connectivity index (χ3v) is 5.27. The first-order valence-corrected chi connectivity index (χ1v) is 10.00. The van der Waals surface area contributed by atoms with Crippen LogP contribution in [-0.2, 0) is 29.8 Å². The molecule has 0 saturated carbocycles. The van der Waals surface area contributed by atoms with E-state index in [4.69, 9.17) is 5.10 Å². The standard InChI is InChI=1S/C23H28N4O/c1-23(2,3)27-22(25-14-7-8-15-25)19-16-26(17-20(19)24-27)21(28)13-9-12-18-10-5-4-6-11-18/h4-8,10-11,14-15H,9,12-13,16-17H2,1-3H3. The van der Waals surface area contributed by atoms with E-state index in [0.29, 0.717) is 19.5 Å². The highest BCUT2D eigenvalue weighted by Crippen LogP contribution is 2.32. The average Bonchev–Trinajstić information content (AvgIpc) is 3.37. The highest BCUT2D eigenvalue weighted by molar-refractivity contribution is 5.77. The molecule has 0 bridgehead atoms. The average molecular weight is 377 g/mol. The molecule has 0 radical (unpaired) electrons. The Kier molecular flexibility index (Phi) is 4.84. The summed E-state index contributed by atoms with van der Waals surface area (Å²) in [6.45, 7) is 7.73. The summed E-state index contributed by atoms with van der Waals surface area (Å²) in [6, 6.07) is 14.4. The van der Waals surface area contributed by atoms with Gasteiger partial charge in [-0.3, -0.25) is 4.79 Å². The third kappa shape index (κ3) is 3.61. The topological polar surface area (TPSA) is 43.1 Å². The first-order chi connectivity index (χ1) is 13.4. The molecule has 4 rings (SSSR count). The number of fused-ring (bicyclic) bond motifs is 1. The predicted molar refractivity (Wildman–Crippen MR) is 110 cm³/mol. The van der Waals surface area contributed by atoms with Gasteiger partial charge < -0.3 is 9.47 Å². The summed E-state index contributed by atoms with van der Waals surface area (Å²) in [7, 11) is 0. The van der Waals surface area contributed by atoms with Crippen molar-refractivity contribution in [2.45, 2.75) is 58.7 Å². The molecule has 0 spiro atoms. The molecule has 0 fully saturated rings. The van der Waals surface area contributed by atoms with E-state index >= 15 is 0 Å². The Morgan fingerprint density at radius 3 is 2.43 bits per heavy atom. The summed E-state index contributed by atoms with van der Waals surface area (Å²) in [6.07, 6.45) is 6.49. The number of carbonyl (C=O) groups excluding carboxylic acids is 1. The number of hydrogen-bond acceptors (Lipinski definition) is 2. The highest BCUT2D eigenvalue weighted by atomic mass is 16.2. The number of hydrogen-bond donors (Lipinski definition) is 0. The molecule has 0 aliphatic carbocycles. The van der Waals surface area contributed by atoms with E-state index in [0.717, 1.165) is 24.4 Å². The molecule has 5 heteroatoms. The Hall–Kier alpha value is -2.82. The fourth-order valence-corrected chi connectivity index (χ4v) is 3.83. The second-order valence-corrected chi connectivity index (χ2v) is 8.51. The fraction of sp³-hybridized carbons (Fsp3) is 0.391. The van der Waals surface area contributed by atoms with Gasteiger partial charge >= 0.3 is 0 Å². The summed E-state index contributed by atoms with van der Waals surface area (Å²) in [5, 5.41) is 4.88. The number of benzene rings is 1. The maximum absolute atomic E-state index is 12.8. The van der Waals surface area contributed by atoms with Crippen molar-refractivity contribution in [2.24, 2.45) is 0 Å². The zero-order valence-corrected chi connectivity index (χ0v) is 16.9. The Balaban J connectivity index is 1.47. The van der Waals surface area contributed by atoms with Crippen LogP contribution in [0.5, 0.6) is 0 Å². The molecule has 0 N–H and O–H groups in total. The lowest BCUT2D eigenvalue weighted by atomic mass is 10.1. The van der Waals surface area contributed by atoms with Crippen LogP contribution in [0.25, 0.3) is 5.82 Å². The van der Waals surface area contributed by atoms with Gasteiger partial charge in [-0.1, -0.05) is 30.3 Å². The van der Waals surface area contributed by atoms with Gasteiger partial charge in [-0.25, -0.2) is 4.68 Å². The maximum atomic E-state index is 12.8. The van der Waals surface area contributed by atoms with E-state index in [9.17, 15) is 4.79 Å². The molecule has 1 aliphatic heterocycles. The lowest BCUT2D eigenvalue weighted by molar-refractivity contribution is -0.131. The number of carbonyl (C=O) groups is 1. The van der Waals surface area contributed by atoms with Crippen LogP contribution in [0.15, 0.2) is 54.9 Å². The number of rotatable bonds is 5. The van der Waals surface area contributed by atoms with Gasteiger partial charge in [0.2, 0.25) is 5.91 Å². The lowest BCUT2D eigenvalue weighted by Crippen LogP contribution is -2.29. The van der Waals surface area contributed by atoms with E-state index in [1.54, 1.807) is 0 Å². The molecule has 3 aromatic rings. The van der Waals surface area contributed by atoms with Crippen molar-refractivity contribution in [3.05, 3.63) is 71.7 Å². The van der Waals surface area contributed by atoms with Gasteiger partial charge in [-0.05, 0) is 51.3 Å². The van der Waals surface area contributed by atoms with Crippen molar-refractivity contribution < 1.29 is 4.79 Å². The van der Waals surface area contributed by atoms with Gasteiger partial charge in [0.25, 0.3) is 0 Å². The molecule has 28 heavy (non-hydrogen) atoms. The molecule has 0 atom stereocenters. The van der Waals surface area contributed by atoms with Crippen molar-refractivity contribution in [3.8, 4) is 5.82 Å². The van der Waals surface area contributed by atoms with Gasteiger partial charge in [0.1, 0.15) is 5.82 Å². The quantitative estimate of drug-likeness (QED) is 0.666. The Morgan fingerprint density at radius 2 is 1.75 bits per heavy atom. The molecule has 3 heterocycles. The van der Waals surface area contributed by atoms with Gasteiger partial charge in [-0.2, -0.15) is 5.10 Å². The molecule has 0 unspecified atom stereocenters. The zero-order chi connectivity index (χ0) is 19.7. The van der Waals surface area contributed by atoms with Crippen LogP contribution < -0.4 is 0 Å². The van der Waals surface area contributed by atoms with Crippen molar-refractivity contribution in [1.82, 2.24) is 19.2 Å². The monoisotopic (exact) mass is 376 g/mol. The minimum Gasteiger partial charge on any atom is -0.332 e. The lowest BCUT2D eigenvalue weighted by Gasteiger charge is -2.24. The third-order valence-electron chi connectivity index (χ3n) is 5.27. The summed E-state index contributed by atoms with van der Waals surface area (Å²) < 4.78 is 4.20. The van der Waals surface area contributed by atoms with Crippen molar-refractivity contribution in [3.63, 3.8) is 0 Å². The molecule has 0 saturated heterocycles. The number of nitrogens with zero attached hydrogens (tertiary/aromatic N) is 4. The molecule has 5 nitrogen and oxygen atoms in total. The molecule has 146 valence electrons. The van der Waals surface area contributed by atoms with Gasteiger partial charge in [-0.15, -0.1) is 0 Å². The minimum atomic E-state index is -0.117. The van der Waals surface area contributed by atoms with Gasteiger partial charge in [0.15, 0.2) is 0 Å². The fourth-order valence-electron chi connectivity index (χ4n) is 3.83. The Morgan fingerprint density at radius 1 is 1.04 bits per heavy atom. The number of aromatic nitrogens is 3. The normalized spacial score (nSPS) is 13.8. The Bertz CT molecular complexity index is 949. The van der Waals surface area contributed by atoms with Crippen LogP contribution in [0, 0.1) is 0 Å². The van der Waals surface area contributed by atoms with E-state index < -0.39 is 0 Å². The van der Waals surface area contributed by atoms with Crippen LogP contribution in [0.4, 0.5) is 0 Å². The zero-order valence-electron chi connectivity index (χ0n) is 16.9. The van der Waals surface area contributed by atoms with Gasteiger partial charge in [0, 0.05) is 24.4 Å². The van der Waals surface area contributed by atoms with E-state index in [2.05, 4.69) is 42.2 Å².